The quantitative estimate of drug-likeness (QED) is 0.396. The van der Waals surface area contributed by atoms with Gasteiger partial charge < -0.3 is 26.0 Å². The molecule has 0 saturated carbocycles. The second-order valence-corrected chi connectivity index (χ2v) is 9.20. The van der Waals surface area contributed by atoms with E-state index in [1.54, 1.807) is 12.4 Å². The van der Waals surface area contributed by atoms with E-state index in [0.29, 0.717) is 11.5 Å². The van der Waals surface area contributed by atoms with Crippen molar-refractivity contribution in [3.63, 3.8) is 0 Å². The predicted octanol–water partition coefficient (Wildman–Crippen LogP) is 2.66. The number of fused-ring (bicyclic) bond motifs is 2. The number of aryl methyl sites for hydroxylation is 1. The van der Waals surface area contributed by atoms with Crippen LogP contribution in [0.15, 0.2) is 48.8 Å². The van der Waals surface area contributed by atoms with E-state index >= 15 is 0 Å². The van der Waals surface area contributed by atoms with Crippen LogP contribution in [0.2, 0.25) is 0 Å². The van der Waals surface area contributed by atoms with Crippen LogP contribution in [0.1, 0.15) is 42.3 Å². The summed E-state index contributed by atoms with van der Waals surface area (Å²) in [4.78, 5) is 17.7. The van der Waals surface area contributed by atoms with E-state index in [-0.39, 0.29) is 23.3 Å². The zero-order valence-corrected chi connectivity index (χ0v) is 18.9. The monoisotopic (exact) mass is 456 g/mol. The van der Waals surface area contributed by atoms with Gasteiger partial charge in [0, 0.05) is 44.2 Å². The number of nitrogen functional groups attached to an aromatic ring is 1. The number of nitrogens with one attached hydrogen (secondary N) is 1. The first-order valence-corrected chi connectivity index (χ1v) is 11.8. The summed E-state index contributed by atoms with van der Waals surface area (Å²) >= 11 is 0. The fourth-order valence-corrected chi connectivity index (χ4v) is 5.41. The van der Waals surface area contributed by atoms with Gasteiger partial charge in [-0.15, -0.1) is 0 Å². The molecular weight excluding hydrogens is 428 g/mol. The first-order valence-electron chi connectivity index (χ1n) is 11.8. The van der Waals surface area contributed by atoms with E-state index in [0.717, 1.165) is 68.0 Å². The standard InChI is InChI=1S/C25H28N8O/c26-22-16-5-1-2-8-19(16)34-25(22)9-13-32(14-10-25)20-15-30-21(23(27)31-20)24(28)33-12-4-6-17-18(33)7-3-11-29-17/h1-3,5,7-8,11,15,22,28H,4,6,9-10,12-14,26H2,(H2,27,31). The molecule has 6 rings (SSSR count). The molecule has 1 spiro atoms. The molecule has 174 valence electrons. The fraction of sp³-hybridized carbons (Fsp3) is 0.360. The van der Waals surface area contributed by atoms with Crippen molar-refractivity contribution in [3.05, 3.63) is 65.7 Å². The molecule has 5 N–H and O–H groups in total. The molecule has 9 nitrogen and oxygen atoms in total. The lowest BCUT2D eigenvalue weighted by Gasteiger charge is -2.41. The second-order valence-electron chi connectivity index (χ2n) is 9.20. The highest BCUT2D eigenvalue weighted by Crippen LogP contribution is 2.47. The van der Waals surface area contributed by atoms with Gasteiger partial charge >= 0.3 is 0 Å². The molecule has 1 saturated heterocycles. The van der Waals surface area contributed by atoms with Crippen molar-refractivity contribution in [2.75, 3.05) is 35.2 Å². The molecule has 3 aliphatic heterocycles. The van der Waals surface area contributed by atoms with Crippen LogP contribution in [0.5, 0.6) is 5.75 Å². The minimum atomic E-state index is -0.378. The third kappa shape index (κ3) is 3.27. The second kappa shape index (κ2) is 7.95. The number of rotatable bonds is 2. The summed E-state index contributed by atoms with van der Waals surface area (Å²) in [6, 6.07) is 11.8. The fourth-order valence-electron chi connectivity index (χ4n) is 5.41. The molecule has 1 fully saturated rings. The number of amidine groups is 1. The van der Waals surface area contributed by atoms with Crippen molar-refractivity contribution in [3.8, 4) is 5.75 Å². The molecule has 3 aliphatic rings. The van der Waals surface area contributed by atoms with Gasteiger partial charge in [-0.05, 0) is 31.0 Å². The van der Waals surface area contributed by atoms with E-state index in [1.165, 1.54) is 0 Å². The summed E-state index contributed by atoms with van der Waals surface area (Å²) in [5.41, 5.74) is 16.0. The van der Waals surface area contributed by atoms with Crippen molar-refractivity contribution in [2.24, 2.45) is 5.73 Å². The molecule has 1 unspecified atom stereocenters. The van der Waals surface area contributed by atoms with E-state index in [2.05, 4.69) is 25.9 Å². The topological polar surface area (TPSA) is 130 Å². The highest BCUT2D eigenvalue weighted by Gasteiger charge is 2.48. The van der Waals surface area contributed by atoms with Crippen LogP contribution in [0.4, 0.5) is 17.3 Å². The van der Waals surface area contributed by atoms with Gasteiger partial charge in [0.1, 0.15) is 22.9 Å². The Kier molecular flexibility index (Phi) is 4.88. The normalized spacial score (nSPS) is 20.6. The van der Waals surface area contributed by atoms with Crippen LogP contribution >= 0.6 is 0 Å². The zero-order chi connectivity index (χ0) is 23.3. The maximum Gasteiger partial charge on any atom is 0.155 e. The van der Waals surface area contributed by atoms with Gasteiger partial charge in [0.15, 0.2) is 11.7 Å². The van der Waals surface area contributed by atoms with Gasteiger partial charge in [0.05, 0.1) is 23.6 Å². The molecular formula is C25H28N8O. The number of nitrogens with two attached hydrogens (primary N) is 2. The van der Waals surface area contributed by atoms with Gasteiger partial charge in [-0.1, -0.05) is 18.2 Å². The van der Waals surface area contributed by atoms with Gasteiger partial charge in [-0.2, -0.15) is 0 Å². The Morgan fingerprint density at radius 2 is 1.91 bits per heavy atom. The summed E-state index contributed by atoms with van der Waals surface area (Å²) in [5.74, 6) is 2.13. The van der Waals surface area contributed by atoms with Gasteiger partial charge in [0.25, 0.3) is 0 Å². The van der Waals surface area contributed by atoms with Crippen molar-refractivity contribution < 1.29 is 4.74 Å². The largest absolute Gasteiger partial charge is 0.485 e. The molecule has 5 heterocycles. The lowest BCUT2D eigenvalue weighted by molar-refractivity contribution is 0.0431. The first kappa shape index (κ1) is 20.9. The number of hydrogen-bond donors (Lipinski definition) is 3. The maximum absolute atomic E-state index is 8.78. The Labute approximate surface area is 198 Å². The molecule has 3 aromatic rings. The Bertz CT molecular complexity index is 1250. The van der Waals surface area contributed by atoms with E-state index < -0.39 is 0 Å². The molecule has 9 heteroatoms. The zero-order valence-electron chi connectivity index (χ0n) is 18.9. The van der Waals surface area contributed by atoms with Crippen molar-refractivity contribution in [2.45, 2.75) is 37.3 Å². The molecule has 0 bridgehead atoms. The summed E-state index contributed by atoms with van der Waals surface area (Å²) < 4.78 is 6.35. The molecule has 0 radical (unpaired) electrons. The minimum absolute atomic E-state index is 0.133. The van der Waals surface area contributed by atoms with E-state index in [1.807, 2.05) is 35.2 Å². The van der Waals surface area contributed by atoms with Gasteiger partial charge in [-0.25, -0.2) is 9.97 Å². The molecule has 0 aliphatic carbocycles. The van der Waals surface area contributed by atoms with Gasteiger partial charge in [-0.3, -0.25) is 10.4 Å². The maximum atomic E-state index is 8.78. The average Bonchev–Trinajstić information content (AvgIpc) is 3.14. The number of aromatic nitrogens is 3. The highest BCUT2D eigenvalue weighted by molar-refractivity contribution is 6.09. The Morgan fingerprint density at radius 3 is 2.71 bits per heavy atom. The number of hydrogen-bond acceptors (Lipinski definition) is 8. The average molecular weight is 457 g/mol. The van der Waals surface area contributed by atoms with Crippen LogP contribution in [0, 0.1) is 5.41 Å². The number of pyridine rings is 1. The number of anilines is 3. The summed E-state index contributed by atoms with van der Waals surface area (Å²) in [5, 5.41) is 8.78. The molecule has 2 aromatic heterocycles. The smallest absolute Gasteiger partial charge is 0.155 e. The number of nitrogens with zero attached hydrogens (tertiary/aromatic N) is 5. The predicted molar refractivity (Wildman–Crippen MR) is 131 cm³/mol. The van der Waals surface area contributed by atoms with Crippen LogP contribution in [-0.2, 0) is 6.42 Å². The molecule has 0 amide bonds. The van der Waals surface area contributed by atoms with Crippen LogP contribution in [0.25, 0.3) is 0 Å². The lowest BCUT2D eigenvalue weighted by Crippen LogP contribution is -2.51. The van der Waals surface area contributed by atoms with Crippen molar-refractivity contribution in [1.29, 1.82) is 5.41 Å². The lowest BCUT2D eigenvalue weighted by atomic mass is 9.83. The molecule has 34 heavy (non-hydrogen) atoms. The minimum Gasteiger partial charge on any atom is -0.485 e. The number of para-hydroxylation sites is 1. The summed E-state index contributed by atoms with van der Waals surface area (Å²) in [7, 11) is 0. The number of piperidine rings is 1. The number of ether oxygens (including phenoxy) is 1. The number of benzene rings is 1. The Hall–Kier alpha value is -3.72. The van der Waals surface area contributed by atoms with Crippen LogP contribution < -0.4 is 26.0 Å². The third-order valence-electron chi connectivity index (χ3n) is 7.30. The summed E-state index contributed by atoms with van der Waals surface area (Å²) in [6.07, 6.45) is 6.94. The first-order chi connectivity index (χ1) is 16.6. The Morgan fingerprint density at radius 1 is 1.09 bits per heavy atom. The van der Waals surface area contributed by atoms with Crippen LogP contribution in [-0.4, -0.2) is 46.0 Å². The Balaban J connectivity index is 1.18. The van der Waals surface area contributed by atoms with Crippen LogP contribution in [0.3, 0.4) is 0 Å². The molecule has 1 atom stereocenters. The molecule has 1 aromatic carbocycles. The summed E-state index contributed by atoms with van der Waals surface area (Å²) in [6.45, 7) is 2.23. The third-order valence-corrected chi connectivity index (χ3v) is 7.30. The van der Waals surface area contributed by atoms with Crippen molar-refractivity contribution in [1.82, 2.24) is 15.0 Å². The highest BCUT2D eigenvalue weighted by atomic mass is 16.5. The van der Waals surface area contributed by atoms with E-state index in [9.17, 15) is 0 Å². The SMILES string of the molecule is N=C(c1ncc(N2CCC3(CC2)Oc2ccccc2C3N)nc1N)N1CCCc2ncccc21. The van der Waals surface area contributed by atoms with Crippen molar-refractivity contribution >= 4 is 23.2 Å². The van der Waals surface area contributed by atoms with E-state index in [4.69, 9.17) is 21.6 Å². The van der Waals surface area contributed by atoms with Gasteiger partial charge in [0.2, 0.25) is 0 Å².